The maximum Gasteiger partial charge on any atom is 0.0363 e. The Morgan fingerprint density at radius 2 is 2.00 bits per heavy atom. The fraction of sp³-hybridized carbons (Fsp3) is 0.450. The zero-order valence-corrected chi connectivity index (χ0v) is 13.5. The normalized spacial score (nSPS) is 20.7. The van der Waals surface area contributed by atoms with Crippen molar-refractivity contribution in [3.8, 4) is 0 Å². The van der Waals surface area contributed by atoms with E-state index < -0.39 is 0 Å². The SMILES string of the molecule is C[C@@H](CCN1CCCC[C@@H]1c1cccnc1)c1ccccc1. The summed E-state index contributed by atoms with van der Waals surface area (Å²) in [7, 11) is 0. The molecule has 1 aromatic heterocycles. The van der Waals surface area contributed by atoms with Crippen molar-refractivity contribution in [2.75, 3.05) is 13.1 Å². The summed E-state index contributed by atoms with van der Waals surface area (Å²) >= 11 is 0. The van der Waals surface area contributed by atoms with E-state index >= 15 is 0 Å². The van der Waals surface area contributed by atoms with Crippen molar-refractivity contribution in [1.29, 1.82) is 0 Å². The first-order valence-corrected chi connectivity index (χ1v) is 8.53. The predicted molar refractivity (Wildman–Crippen MR) is 91.9 cm³/mol. The van der Waals surface area contributed by atoms with Crippen LogP contribution >= 0.6 is 0 Å². The number of benzene rings is 1. The van der Waals surface area contributed by atoms with Crippen LogP contribution in [0.2, 0.25) is 0 Å². The third-order valence-electron chi connectivity index (χ3n) is 4.90. The van der Waals surface area contributed by atoms with Gasteiger partial charge < -0.3 is 0 Å². The van der Waals surface area contributed by atoms with Gasteiger partial charge in [-0.05, 0) is 55.5 Å². The highest BCUT2D eigenvalue weighted by atomic mass is 15.2. The summed E-state index contributed by atoms with van der Waals surface area (Å²) in [6.07, 6.45) is 9.07. The minimum atomic E-state index is 0.561. The Morgan fingerprint density at radius 1 is 1.14 bits per heavy atom. The minimum absolute atomic E-state index is 0.561. The van der Waals surface area contributed by atoms with Gasteiger partial charge in [0.25, 0.3) is 0 Å². The van der Waals surface area contributed by atoms with Crippen molar-refractivity contribution in [2.45, 2.75) is 44.6 Å². The summed E-state index contributed by atoms with van der Waals surface area (Å²) in [4.78, 5) is 6.98. The van der Waals surface area contributed by atoms with Crippen LogP contribution < -0.4 is 0 Å². The molecule has 2 nitrogen and oxygen atoms in total. The molecule has 1 aromatic carbocycles. The molecule has 2 heterocycles. The average Bonchev–Trinajstić information content (AvgIpc) is 2.61. The molecule has 0 spiro atoms. The lowest BCUT2D eigenvalue weighted by Gasteiger charge is -2.36. The highest BCUT2D eigenvalue weighted by Gasteiger charge is 2.24. The molecule has 0 N–H and O–H groups in total. The van der Waals surface area contributed by atoms with Gasteiger partial charge in [0.05, 0.1) is 0 Å². The summed E-state index contributed by atoms with van der Waals surface area (Å²) in [6, 6.07) is 15.7. The molecule has 22 heavy (non-hydrogen) atoms. The van der Waals surface area contributed by atoms with Crippen LogP contribution in [0.4, 0.5) is 0 Å². The van der Waals surface area contributed by atoms with E-state index in [1.807, 2.05) is 12.4 Å². The molecule has 2 aromatic rings. The maximum absolute atomic E-state index is 4.31. The van der Waals surface area contributed by atoms with E-state index in [0.717, 1.165) is 0 Å². The first-order valence-electron chi connectivity index (χ1n) is 8.53. The molecule has 0 radical (unpaired) electrons. The number of likely N-dealkylation sites (tertiary alicyclic amines) is 1. The van der Waals surface area contributed by atoms with E-state index in [1.165, 1.54) is 49.9 Å². The van der Waals surface area contributed by atoms with Crippen LogP contribution in [0.15, 0.2) is 54.9 Å². The zero-order valence-electron chi connectivity index (χ0n) is 13.5. The molecule has 116 valence electrons. The number of nitrogens with zero attached hydrogens (tertiary/aromatic N) is 2. The molecule has 3 rings (SSSR count). The van der Waals surface area contributed by atoms with Gasteiger partial charge in [-0.25, -0.2) is 0 Å². The van der Waals surface area contributed by atoms with Crippen LogP contribution in [-0.4, -0.2) is 23.0 Å². The average molecular weight is 294 g/mol. The predicted octanol–water partition coefficient (Wildman–Crippen LogP) is 4.80. The number of piperidine rings is 1. The lowest BCUT2D eigenvalue weighted by atomic mass is 9.93. The number of aromatic nitrogens is 1. The van der Waals surface area contributed by atoms with Crippen molar-refractivity contribution < 1.29 is 0 Å². The molecule has 0 saturated carbocycles. The summed E-state index contributed by atoms with van der Waals surface area (Å²) in [6.45, 7) is 4.75. The Hall–Kier alpha value is -1.67. The van der Waals surface area contributed by atoms with Gasteiger partial charge in [-0.2, -0.15) is 0 Å². The van der Waals surface area contributed by atoms with Crippen LogP contribution in [0.5, 0.6) is 0 Å². The lowest BCUT2D eigenvalue weighted by molar-refractivity contribution is 0.144. The quantitative estimate of drug-likeness (QED) is 0.787. The van der Waals surface area contributed by atoms with Crippen molar-refractivity contribution in [3.05, 3.63) is 66.0 Å². The third kappa shape index (κ3) is 3.75. The van der Waals surface area contributed by atoms with Crippen molar-refractivity contribution in [3.63, 3.8) is 0 Å². The summed E-state index contributed by atoms with van der Waals surface area (Å²) in [5.74, 6) is 0.623. The second-order valence-electron chi connectivity index (χ2n) is 6.43. The number of hydrogen-bond donors (Lipinski definition) is 0. The molecule has 2 atom stereocenters. The molecule has 1 aliphatic heterocycles. The Labute approximate surface area is 134 Å². The number of rotatable bonds is 5. The smallest absolute Gasteiger partial charge is 0.0363 e. The van der Waals surface area contributed by atoms with Crippen LogP contribution in [-0.2, 0) is 0 Å². The van der Waals surface area contributed by atoms with E-state index in [0.29, 0.717) is 12.0 Å². The van der Waals surface area contributed by atoms with E-state index in [-0.39, 0.29) is 0 Å². The molecule has 2 heteroatoms. The van der Waals surface area contributed by atoms with Crippen LogP contribution in [0.25, 0.3) is 0 Å². The maximum atomic E-state index is 4.31. The second kappa shape index (κ2) is 7.55. The largest absolute Gasteiger partial charge is 0.296 e. The topological polar surface area (TPSA) is 16.1 Å². The third-order valence-corrected chi connectivity index (χ3v) is 4.90. The Bertz CT molecular complexity index is 552. The monoisotopic (exact) mass is 294 g/mol. The molecule has 0 unspecified atom stereocenters. The fourth-order valence-electron chi connectivity index (χ4n) is 3.52. The summed E-state index contributed by atoms with van der Waals surface area (Å²) < 4.78 is 0. The minimum Gasteiger partial charge on any atom is -0.296 e. The Kier molecular flexibility index (Phi) is 5.23. The Balaban J connectivity index is 1.62. The van der Waals surface area contributed by atoms with E-state index in [2.05, 4.69) is 59.3 Å². The molecular formula is C20H26N2. The van der Waals surface area contributed by atoms with Crippen molar-refractivity contribution in [2.24, 2.45) is 0 Å². The van der Waals surface area contributed by atoms with Crippen LogP contribution in [0.3, 0.4) is 0 Å². The van der Waals surface area contributed by atoms with E-state index in [9.17, 15) is 0 Å². The van der Waals surface area contributed by atoms with Gasteiger partial charge in [0.2, 0.25) is 0 Å². The molecular weight excluding hydrogens is 268 g/mol. The van der Waals surface area contributed by atoms with Gasteiger partial charge in [-0.3, -0.25) is 9.88 Å². The first-order chi connectivity index (χ1) is 10.8. The fourth-order valence-corrected chi connectivity index (χ4v) is 3.52. The van der Waals surface area contributed by atoms with E-state index in [4.69, 9.17) is 0 Å². The molecule has 1 fully saturated rings. The molecule has 0 amide bonds. The highest BCUT2D eigenvalue weighted by molar-refractivity contribution is 5.19. The number of hydrogen-bond acceptors (Lipinski definition) is 2. The van der Waals surface area contributed by atoms with Crippen molar-refractivity contribution >= 4 is 0 Å². The van der Waals surface area contributed by atoms with E-state index in [1.54, 1.807) is 0 Å². The molecule has 1 aliphatic rings. The molecule has 0 bridgehead atoms. The van der Waals surface area contributed by atoms with Crippen molar-refractivity contribution in [1.82, 2.24) is 9.88 Å². The van der Waals surface area contributed by atoms with Gasteiger partial charge in [-0.1, -0.05) is 49.7 Å². The zero-order chi connectivity index (χ0) is 15.2. The first kappa shape index (κ1) is 15.2. The number of pyridine rings is 1. The summed E-state index contributed by atoms with van der Waals surface area (Å²) in [5.41, 5.74) is 2.84. The summed E-state index contributed by atoms with van der Waals surface area (Å²) in [5, 5.41) is 0. The standard InChI is InChI=1S/C20H26N2/c1-17(18-8-3-2-4-9-18)12-15-22-14-6-5-11-20(22)19-10-7-13-21-16-19/h2-4,7-10,13,16-17,20H,5-6,11-12,14-15H2,1H3/t17-,20+/m0/s1. The van der Waals surface area contributed by atoms with Gasteiger partial charge in [0.1, 0.15) is 0 Å². The van der Waals surface area contributed by atoms with Gasteiger partial charge >= 0.3 is 0 Å². The Morgan fingerprint density at radius 3 is 2.77 bits per heavy atom. The molecule has 0 aliphatic carbocycles. The van der Waals surface area contributed by atoms with Gasteiger partial charge in [-0.15, -0.1) is 0 Å². The van der Waals surface area contributed by atoms with Gasteiger partial charge in [0, 0.05) is 18.4 Å². The van der Waals surface area contributed by atoms with Gasteiger partial charge in [0.15, 0.2) is 0 Å². The highest BCUT2D eigenvalue weighted by Crippen LogP contribution is 2.31. The second-order valence-corrected chi connectivity index (χ2v) is 6.43. The lowest BCUT2D eigenvalue weighted by Crippen LogP contribution is -2.34. The molecule has 1 saturated heterocycles. The van der Waals surface area contributed by atoms with Crippen LogP contribution in [0, 0.1) is 0 Å². The van der Waals surface area contributed by atoms with Crippen LogP contribution in [0.1, 0.15) is 55.7 Å².